The second-order valence-electron chi connectivity index (χ2n) is 2.88. The van der Waals surface area contributed by atoms with Crippen LogP contribution in [0, 0.1) is 0 Å². The summed E-state index contributed by atoms with van der Waals surface area (Å²) in [6.07, 6.45) is 0. The van der Waals surface area contributed by atoms with Crippen molar-refractivity contribution in [1.29, 1.82) is 0 Å². The van der Waals surface area contributed by atoms with Crippen LogP contribution in [0.1, 0.15) is 10.9 Å². The zero-order valence-corrected chi connectivity index (χ0v) is 8.82. The molecule has 1 atom stereocenters. The minimum absolute atomic E-state index is 0.294. The van der Waals surface area contributed by atoms with E-state index >= 15 is 0 Å². The van der Waals surface area contributed by atoms with E-state index in [0.717, 1.165) is 5.02 Å². The summed E-state index contributed by atoms with van der Waals surface area (Å²) in [4.78, 5) is 3.33. The Morgan fingerprint density at radius 1 is 1.67 bits per heavy atom. The van der Waals surface area contributed by atoms with Crippen molar-refractivity contribution < 1.29 is 0 Å². The number of thiophene rings is 1. The molecule has 1 aromatic heterocycles. The Kier molecular flexibility index (Phi) is 3.53. The lowest BCUT2D eigenvalue weighted by molar-refractivity contribution is 0.310. The van der Waals surface area contributed by atoms with Gasteiger partial charge in [-0.3, -0.25) is 0 Å². The minimum Gasteiger partial charge on any atom is -0.329 e. The molecule has 2 N–H and O–H groups in total. The van der Waals surface area contributed by atoms with Crippen LogP contribution in [-0.4, -0.2) is 25.5 Å². The van der Waals surface area contributed by atoms with Gasteiger partial charge in [0.05, 0.1) is 11.1 Å². The van der Waals surface area contributed by atoms with Crippen molar-refractivity contribution in [1.82, 2.24) is 4.90 Å². The summed E-state index contributed by atoms with van der Waals surface area (Å²) in [5, 5.41) is 2.73. The molecule has 0 aromatic carbocycles. The zero-order chi connectivity index (χ0) is 9.14. The van der Waals surface area contributed by atoms with Crippen LogP contribution < -0.4 is 5.73 Å². The number of halogens is 1. The molecule has 68 valence electrons. The molecule has 0 amide bonds. The van der Waals surface area contributed by atoms with E-state index in [2.05, 4.69) is 4.90 Å². The average Bonchev–Trinajstić information content (AvgIpc) is 2.37. The van der Waals surface area contributed by atoms with E-state index in [9.17, 15) is 0 Å². The molecular formula is C8H13ClN2S. The number of rotatable bonds is 3. The molecule has 1 aromatic rings. The fraction of sp³-hybridized carbons (Fsp3) is 0.500. The Morgan fingerprint density at radius 2 is 2.33 bits per heavy atom. The fourth-order valence-corrected chi connectivity index (χ4v) is 2.38. The first-order chi connectivity index (χ1) is 5.65. The molecular weight excluding hydrogens is 192 g/mol. The van der Waals surface area contributed by atoms with Gasteiger partial charge in [0.1, 0.15) is 0 Å². The summed E-state index contributed by atoms with van der Waals surface area (Å²) >= 11 is 7.47. The van der Waals surface area contributed by atoms with Gasteiger partial charge in [-0.25, -0.2) is 0 Å². The SMILES string of the molecule is CN(C)C(CN)c1cc(Cl)cs1. The van der Waals surface area contributed by atoms with Crippen LogP contribution in [-0.2, 0) is 0 Å². The lowest BCUT2D eigenvalue weighted by Crippen LogP contribution is -2.26. The first-order valence-electron chi connectivity index (χ1n) is 3.75. The molecule has 0 aliphatic rings. The van der Waals surface area contributed by atoms with Crippen molar-refractivity contribution >= 4 is 22.9 Å². The maximum Gasteiger partial charge on any atom is 0.0559 e. The van der Waals surface area contributed by atoms with Gasteiger partial charge in [-0.1, -0.05) is 11.6 Å². The van der Waals surface area contributed by atoms with E-state index in [1.165, 1.54) is 4.88 Å². The molecule has 4 heteroatoms. The number of likely N-dealkylation sites (N-methyl/N-ethyl adjacent to an activating group) is 1. The van der Waals surface area contributed by atoms with Gasteiger partial charge < -0.3 is 10.6 Å². The molecule has 0 aliphatic carbocycles. The minimum atomic E-state index is 0.294. The molecule has 0 fully saturated rings. The van der Waals surface area contributed by atoms with E-state index < -0.39 is 0 Å². The van der Waals surface area contributed by atoms with Crippen LogP contribution in [0.4, 0.5) is 0 Å². The normalized spacial score (nSPS) is 13.8. The van der Waals surface area contributed by atoms with Gasteiger partial charge in [-0.2, -0.15) is 0 Å². The third-order valence-electron chi connectivity index (χ3n) is 1.76. The first-order valence-corrected chi connectivity index (χ1v) is 5.01. The summed E-state index contributed by atoms with van der Waals surface area (Å²) in [5.41, 5.74) is 5.64. The van der Waals surface area contributed by atoms with Gasteiger partial charge in [0, 0.05) is 16.8 Å². The highest BCUT2D eigenvalue weighted by Gasteiger charge is 2.13. The molecule has 0 radical (unpaired) electrons. The van der Waals surface area contributed by atoms with Crippen LogP contribution in [0.25, 0.3) is 0 Å². The van der Waals surface area contributed by atoms with Crippen molar-refractivity contribution in [3.05, 3.63) is 21.3 Å². The van der Waals surface area contributed by atoms with Crippen LogP contribution >= 0.6 is 22.9 Å². The van der Waals surface area contributed by atoms with E-state index in [-0.39, 0.29) is 0 Å². The summed E-state index contributed by atoms with van der Waals surface area (Å²) in [6, 6.07) is 2.27. The second-order valence-corrected chi connectivity index (χ2v) is 4.26. The van der Waals surface area contributed by atoms with Crippen molar-refractivity contribution in [3.63, 3.8) is 0 Å². The summed E-state index contributed by atoms with van der Waals surface area (Å²) in [5.74, 6) is 0. The van der Waals surface area contributed by atoms with Gasteiger partial charge in [0.2, 0.25) is 0 Å². The Balaban J connectivity index is 2.80. The molecule has 0 saturated heterocycles. The zero-order valence-electron chi connectivity index (χ0n) is 7.25. The van der Waals surface area contributed by atoms with Crippen LogP contribution in [0.2, 0.25) is 5.02 Å². The van der Waals surface area contributed by atoms with Crippen LogP contribution in [0.15, 0.2) is 11.4 Å². The largest absolute Gasteiger partial charge is 0.329 e. The van der Waals surface area contributed by atoms with E-state index in [1.54, 1.807) is 11.3 Å². The molecule has 2 nitrogen and oxygen atoms in total. The van der Waals surface area contributed by atoms with Gasteiger partial charge in [-0.05, 0) is 20.2 Å². The van der Waals surface area contributed by atoms with Crippen LogP contribution in [0.3, 0.4) is 0 Å². The molecule has 1 heterocycles. The van der Waals surface area contributed by atoms with Gasteiger partial charge >= 0.3 is 0 Å². The summed E-state index contributed by atoms with van der Waals surface area (Å²) in [6.45, 7) is 0.629. The summed E-state index contributed by atoms with van der Waals surface area (Å²) < 4.78 is 0. The predicted molar refractivity (Wildman–Crippen MR) is 54.8 cm³/mol. The maximum atomic E-state index is 5.82. The third kappa shape index (κ3) is 2.20. The van der Waals surface area contributed by atoms with E-state index in [4.69, 9.17) is 17.3 Å². The van der Waals surface area contributed by atoms with Crippen molar-refractivity contribution in [2.45, 2.75) is 6.04 Å². The fourth-order valence-electron chi connectivity index (χ4n) is 1.08. The third-order valence-corrected chi connectivity index (χ3v) is 3.14. The van der Waals surface area contributed by atoms with E-state index in [0.29, 0.717) is 12.6 Å². The maximum absolute atomic E-state index is 5.82. The highest BCUT2D eigenvalue weighted by Crippen LogP contribution is 2.26. The molecule has 1 rings (SSSR count). The first kappa shape index (κ1) is 9.99. The van der Waals surface area contributed by atoms with Crippen LogP contribution in [0.5, 0.6) is 0 Å². The Labute approximate surface area is 81.9 Å². The molecule has 0 bridgehead atoms. The number of nitrogens with two attached hydrogens (primary N) is 1. The highest BCUT2D eigenvalue weighted by molar-refractivity contribution is 7.10. The van der Waals surface area contributed by atoms with E-state index in [1.807, 2.05) is 25.5 Å². The van der Waals surface area contributed by atoms with Gasteiger partial charge in [0.25, 0.3) is 0 Å². The monoisotopic (exact) mass is 204 g/mol. The Hall–Kier alpha value is -0.0900. The highest BCUT2D eigenvalue weighted by atomic mass is 35.5. The molecule has 1 unspecified atom stereocenters. The average molecular weight is 205 g/mol. The Bertz CT molecular complexity index is 247. The number of hydrogen-bond donors (Lipinski definition) is 1. The molecule has 12 heavy (non-hydrogen) atoms. The van der Waals surface area contributed by atoms with Crippen molar-refractivity contribution in [3.8, 4) is 0 Å². The molecule has 0 aliphatic heterocycles. The lowest BCUT2D eigenvalue weighted by atomic mass is 10.2. The quantitative estimate of drug-likeness (QED) is 0.816. The lowest BCUT2D eigenvalue weighted by Gasteiger charge is -2.20. The Morgan fingerprint density at radius 3 is 2.67 bits per heavy atom. The summed E-state index contributed by atoms with van der Waals surface area (Å²) in [7, 11) is 4.04. The van der Waals surface area contributed by atoms with Gasteiger partial charge in [-0.15, -0.1) is 11.3 Å². The predicted octanol–water partition coefficient (Wildman–Crippen LogP) is 1.96. The molecule has 0 saturated carbocycles. The van der Waals surface area contributed by atoms with Crippen molar-refractivity contribution in [2.75, 3.05) is 20.6 Å². The smallest absolute Gasteiger partial charge is 0.0559 e. The van der Waals surface area contributed by atoms with Crippen molar-refractivity contribution in [2.24, 2.45) is 5.73 Å². The molecule has 0 spiro atoms. The number of hydrogen-bond acceptors (Lipinski definition) is 3. The van der Waals surface area contributed by atoms with Gasteiger partial charge in [0.15, 0.2) is 0 Å². The topological polar surface area (TPSA) is 29.3 Å². The number of nitrogens with zero attached hydrogens (tertiary/aromatic N) is 1. The standard InChI is InChI=1S/C8H13ClN2S/c1-11(2)7(4-10)8-3-6(9)5-12-8/h3,5,7H,4,10H2,1-2H3. The second kappa shape index (κ2) is 4.23.